The number of aliphatic hydroxyl groups excluding tert-OH is 2. The lowest BCUT2D eigenvalue weighted by Gasteiger charge is -2.24. The first-order valence-electron chi connectivity index (χ1n) is 21.7. The van der Waals surface area contributed by atoms with Crippen molar-refractivity contribution >= 4 is 13.7 Å². The van der Waals surface area contributed by atoms with Crippen LogP contribution < -0.4 is 11.1 Å². The Labute approximate surface area is 325 Å². The van der Waals surface area contributed by atoms with E-state index in [2.05, 4.69) is 43.5 Å². The number of carbonyl (C=O) groups excluding carboxylic acids is 1. The predicted molar refractivity (Wildman–Crippen MR) is 223 cm³/mol. The zero-order valence-electron chi connectivity index (χ0n) is 34.1. The van der Waals surface area contributed by atoms with E-state index in [0.29, 0.717) is 12.8 Å². The number of nitrogens with one attached hydrogen (secondary N) is 1. The summed E-state index contributed by atoms with van der Waals surface area (Å²) in [4.78, 5) is 22.7. The van der Waals surface area contributed by atoms with Gasteiger partial charge in [-0.3, -0.25) is 13.8 Å². The quantitative estimate of drug-likeness (QED) is 0.0235. The highest BCUT2D eigenvalue weighted by atomic mass is 31.2. The summed E-state index contributed by atoms with van der Waals surface area (Å²) in [6.45, 7) is 3.93. The number of phosphoric acid groups is 1. The van der Waals surface area contributed by atoms with Crippen molar-refractivity contribution in [1.82, 2.24) is 5.32 Å². The van der Waals surface area contributed by atoms with E-state index in [1.807, 2.05) is 6.08 Å². The highest BCUT2D eigenvalue weighted by Gasteiger charge is 2.27. The second kappa shape index (κ2) is 38.9. The Balaban J connectivity index is 4.40. The standard InChI is InChI=1S/C43H83N2O7P/c1-3-5-7-9-11-13-15-17-19-21-23-25-27-29-31-33-35-42(47)41(39-52-53(49,50)51-37-36-44)45-43(48)38-40(46)34-32-30-28-26-24-22-20-18-16-14-12-10-8-6-4-2/h17,19,25,27,33,35,40-42,46-47H,3-16,18,20-24,26,28-32,34,36-39,44H2,1-2H3,(H,45,48)(H,49,50)/b19-17+,27-25+,35-33+. The summed E-state index contributed by atoms with van der Waals surface area (Å²) in [6, 6.07) is -1.00. The number of aliphatic hydroxyl groups is 2. The summed E-state index contributed by atoms with van der Waals surface area (Å²) in [5, 5.41) is 24.0. The van der Waals surface area contributed by atoms with E-state index in [9.17, 15) is 24.5 Å². The molecule has 0 saturated heterocycles. The lowest BCUT2D eigenvalue weighted by atomic mass is 10.0. The molecule has 0 fully saturated rings. The number of hydrogen-bond acceptors (Lipinski definition) is 7. The molecule has 10 heteroatoms. The smallest absolute Gasteiger partial charge is 0.393 e. The third-order valence-corrected chi connectivity index (χ3v) is 10.5. The van der Waals surface area contributed by atoms with E-state index >= 15 is 0 Å². The maximum Gasteiger partial charge on any atom is 0.472 e. The summed E-state index contributed by atoms with van der Waals surface area (Å²) in [6.07, 6.45) is 42.3. The maximum atomic E-state index is 12.8. The zero-order valence-corrected chi connectivity index (χ0v) is 35.0. The molecule has 0 aliphatic heterocycles. The molecule has 0 bridgehead atoms. The molecule has 6 N–H and O–H groups in total. The largest absolute Gasteiger partial charge is 0.472 e. The molecule has 0 aromatic heterocycles. The number of rotatable bonds is 40. The van der Waals surface area contributed by atoms with Gasteiger partial charge in [0, 0.05) is 6.54 Å². The summed E-state index contributed by atoms with van der Waals surface area (Å²) < 4.78 is 22.0. The van der Waals surface area contributed by atoms with Crippen molar-refractivity contribution in [3.63, 3.8) is 0 Å². The fourth-order valence-corrected chi connectivity index (χ4v) is 6.97. The molecular weight excluding hydrogens is 687 g/mol. The van der Waals surface area contributed by atoms with Crippen LogP contribution in [0.25, 0.3) is 0 Å². The molecule has 0 rings (SSSR count). The molecule has 4 unspecified atom stereocenters. The van der Waals surface area contributed by atoms with E-state index in [4.69, 9.17) is 14.8 Å². The summed E-state index contributed by atoms with van der Waals surface area (Å²) in [5.74, 6) is -0.459. The normalized spacial score (nSPS) is 15.1. The summed E-state index contributed by atoms with van der Waals surface area (Å²) >= 11 is 0. The Hall–Kier alpha value is -1.32. The van der Waals surface area contributed by atoms with E-state index < -0.39 is 38.6 Å². The average molecular weight is 771 g/mol. The number of carbonyl (C=O) groups is 1. The van der Waals surface area contributed by atoms with Crippen LogP contribution in [-0.4, -0.2) is 59.0 Å². The van der Waals surface area contributed by atoms with E-state index in [1.165, 1.54) is 116 Å². The molecule has 0 aliphatic carbocycles. The minimum atomic E-state index is -4.41. The minimum Gasteiger partial charge on any atom is -0.393 e. The van der Waals surface area contributed by atoms with Crippen molar-refractivity contribution in [2.24, 2.45) is 5.73 Å². The summed E-state index contributed by atoms with van der Waals surface area (Å²) in [5.41, 5.74) is 5.36. The van der Waals surface area contributed by atoms with Crippen LogP contribution in [0.15, 0.2) is 36.5 Å². The molecule has 0 aromatic rings. The third-order valence-electron chi connectivity index (χ3n) is 9.50. The molecule has 0 aliphatic rings. The van der Waals surface area contributed by atoms with Gasteiger partial charge in [-0.1, -0.05) is 179 Å². The van der Waals surface area contributed by atoms with Gasteiger partial charge in [0.05, 0.1) is 37.9 Å². The fraction of sp³-hybridized carbons (Fsp3) is 0.837. The highest BCUT2D eigenvalue weighted by Crippen LogP contribution is 2.43. The monoisotopic (exact) mass is 771 g/mol. The van der Waals surface area contributed by atoms with Crippen molar-refractivity contribution in [3.8, 4) is 0 Å². The number of unbranched alkanes of at least 4 members (excludes halogenated alkanes) is 22. The molecule has 53 heavy (non-hydrogen) atoms. The van der Waals surface area contributed by atoms with Gasteiger partial charge in [-0.25, -0.2) is 4.57 Å². The first-order chi connectivity index (χ1) is 25.8. The number of allylic oxidation sites excluding steroid dienone is 5. The topological polar surface area (TPSA) is 151 Å². The summed E-state index contributed by atoms with van der Waals surface area (Å²) in [7, 11) is -4.41. The number of phosphoric ester groups is 1. The van der Waals surface area contributed by atoms with Crippen molar-refractivity contribution in [1.29, 1.82) is 0 Å². The van der Waals surface area contributed by atoms with Crippen LogP contribution in [0.2, 0.25) is 0 Å². The predicted octanol–water partition coefficient (Wildman–Crippen LogP) is 10.9. The first kappa shape index (κ1) is 51.7. The highest BCUT2D eigenvalue weighted by molar-refractivity contribution is 7.47. The first-order valence-corrected chi connectivity index (χ1v) is 23.2. The van der Waals surface area contributed by atoms with Gasteiger partial charge in [0.2, 0.25) is 5.91 Å². The van der Waals surface area contributed by atoms with Gasteiger partial charge in [-0.05, 0) is 44.9 Å². The van der Waals surface area contributed by atoms with Crippen molar-refractivity contribution in [2.45, 2.75) is 212 Å². The van der Waals surface area contributed by atoms with Gasteiger partial charge in [-0.2, -0.15) is 0 Å². The lowest BCUT2D eigenvalue weighted by Crippen LogP contribution is -2.46. The van der Waals surface area contributed by atoms with E-state index in [1.54, 1.807) is 6.08 Å². The molecule has 4 atom stereocenters. The Morgan fingerprint density at radius 3 is 1.57 bits per heavy atom. The SMILES string of the molecule is CCCCCCCC/C=C/CC/C=C/CC/C=C/C(O)C(COP(=O)(O)OCCN)NC(=O)CC(O)CCCCCCCCCCCCCCCCC. The van der Waals surface area contributed by atoms with Crippen LogP contribution in [0.1, 0.15) is 194 Å². The average Bonchev–Trinajstić information content (AvgIpc) is 3.13. The number of amides is 1. The molecule has 0 radical (unpaired) electrons. The van der Waals surface area contributed by atoms with Gasteiger partial charge < -0.3 is 26.2 Å². The van der Waals surface area contributed by atoms with Crippen LogP contribution in [0.3, 0.4) is 0 Å². The molecule has 0 saturated carbocycles. The molecule has 0 heterocycles. The Morgan fingerprint density at radius 2 is 1.08 bits per heavy atom. The maximum absolute atomic E-state index is 12.8. The second-order valence-corrected chi connectivity index (χ2v) is 16.2. The van der Waals surface area contributed by atoms with Crippen LogP contribution in [0.4, 0.5) is 0 Å². The second-order valence-electron chi connectivity index (χ2n) is 14.7. The van der Waals surface area contributed by atoms with Crippen LogP contribution in [0.5, 0.6) is 0 Å². The van der Waals surface area contributed by atoms with Crippen molar-refractivity contribution in [3.05, 3.63) is 36.5 Å². The van der Waals surface area contributed by atoms with Crippen molar-refractivity contribution in [2.75, 3.05) is 19.8 Å². The Bertz CT molecular complexity index is 946. The minimum absolute atomic E-state index is 0.0427. The van der Waals surface area contributed by atoms with E-state index in [-0.39, 0.29) is 19.6 Å². The molecule has 9 nitrogen and oxygen atoms in total. The molecular formula is C43H83N2O7P. The lowest BCUT2D eigenvalue weighted by molar-refractivity contribution is -0.124. The van der Waals surface area contributed by atoms with Gasteiger partial charge in [0.1, 0.15) is 0 Å². The molecule has 0 aromatic carbocycles. The third kappa shape index (κ3) is 37.4. The zero-order chi connectivity index (χ0) is 39.1. The van der Waals surface area contributed by atoms with Crippen molar-refractivity contribution < 1.29 is 33.5 Å². The van der Waals surface area contributed by atoms with Gasteiger partial charge in [0.15, 0.2) is 0 Å². The number of nitrogens with two attached hydrogens (primary N) is 1. The van der Waals surface area contributed by atoms with Gasteiger partial charge in [-0.15, -0.1) is 0 Å². The van der Waals surface area contributed by atoms with Crippen LogP contribution in [0, 0.1) is 0 Å². The van der Waals surface area contributed by atoms with Gasteiger partial charge in [0.25, 0.3) is 0 Å². The number of hydrogen-bond donors (Lipinski definition) is 5. The van der Waals surface area contributed by atoms with Crippen LogP contribution >= 0.6 is 7.82 Å². The Morgan fingerprint density at radius 1 is 0.642 bits per heavy atom. The fourth-order valence-electron chi connectivity index (χ4n) is 6.21. The van der Waals surface area contributed by atoms with Crippen LogP contribution in [-0.2, 0) is 18.4 Å². The van der Waals surface area contributed by atoms with E-state index in [0.717, 1.165) is 44.9 Å². The van der Waals surface area contributed by atoms with Gasteiger partial charge >= 0.3 is 7.82 Å². The molecule has 312 valence electrons. The Kier molecular flexibility index (Phi) is 38.0. The molecule has 1 amide bonds. The molecule has 0 spiro atoms.